The molecule has 1 aromatic carbocycles. The molecule has 0 spiro atoms. The maximum Gasteiger partial charge on any atom is 0.316 e. The Morgan fingerprint density at radius 3 is 2.04 bits per heavy atom. The van der Waals surface area contributed by atoms with Crippen molar-refractivity contribution in [3.05, 3.63) is 35.9 Å². The first-order chi connectivity index (χ1) is 13.3. The van der Waals surface area contributed by atoms with Crippen LogP contribution in [-0.4, -0.2) is 36.6 Å². The molecule has 0 radical (unpaired) electrons. The number of benzene rings is 1. The minimum atomic E-state index is -0.405. The maximum absolute atomic E-state index is 12.8. The second-order valence-electron chi connectivity index (χ2n) is 9.01. The van der Waals surface area contributed by atoms with E-state index in [1.165, 1.54) is 64.2 Å². The zero-order valence-electron chi connectivity index (χ0n) is 16.9. The van der Waals surface area contributed by atoms with Crippen molar-refractivity contribution < 1.29 is 9.53 Å². The number of carbonyl (C=O) groups is 1. The van der Waals surface area contributed by atoms with Crippen LogP contribution >= 0.6 is 0 Å². The highest BCUT2D eigenvalue weighted by atomic mass is 16.5. The molecule has 0 aliphatic heterocycles. The minimum absolute atomic E-state index is 0.0362. The highest BCUT2D eigenvalue weighted by molar-refractivity contribution is 5.87. The molecule has 3 aliphatic rings. The van der Waals surface area contributed by atoms with Gasteiger partial charge in [-0.15, -0.1) is 0 Å². The van der Waals surface area contributed by atoms with Crippen LogP contribution in [0, 0.1) is 5.92 Å². The normalized spacial score (nSPS) is 29.6. The predicted octanol–water partition coefficient (Wildman–Crippen LogP) is 5.08. The van der Waals surface area contributed by atoms with Gasteiger partial charge in [0.25, 0.3) is 0 Å². The highest BCUT2D eigenvalue weighted by Crippen LogP contribution is 2.56. The molecule has 0 heterocycles. The SMILES string of the molecule is COC(=O)[C@]1(c2ccccc2)C[C@@H]1CN(C1CCCCC1)C1CCCCC1. The van der Waals surface area contributed by atoms with E-state index >= 15 is 0 Å². The Kier molecular flexibility index (Phi) is 5.87. The molecular formula is C24H35NO2. The number of nitrogens with zero attached hydrogens (tertiary/aromatic N) is 1. The summed E-state index contributed by atoms with van der Waals surface area (Å²) < 4.78 is 5.28. The number of rotatable bonds is 6. The average molecular weight is 370 g/mol. The lowest BCUT2D eigenvalue weighted by Crippen LogP contribution is -2.47. The third-order valence-corrected chi connectivity index (χ3v) is 7.46. The molecule has 3 fully saturated rings. The lowest BCUT2D eigenvalue weighted by molar-refractivity contribution is -0.144. The Labute approximate surface area is 164 Å². The van der Waals surface area contributed by atoms with Crippen molar-refractivity contribution >= 4 is 5.97 Å². The van der Waals surface area contributed by atoms with Gasteiger partial charge in [-0.3, -0.25) is 9.69 Å². The van der Waals surface area contributed by atoms with Crippen molar-refractivity contribution in [3.63, 3.8) is 0 Å². The standard InChI is InChI=1S/C24H35NO2/c1-27-23(26)24(19-11-5-2-6-12-19)17-20(24)18-25(21-13-7-3-8-14-21)22-15-9-4-10-16-22/h2,5-6,11-12,20-22H,3-4,7-10,13-18H2,1H3/t20-,24+/m1/s1. The number of hydrogen-bond donors (Lipinski definition) is 0. The van der Waals surface area contributed by atoms with Gasteiger partial charge in [-0.1, -0.05) is 68.9 Å². The first-order valence-corrected chi connectivity index (χ1v) is 11.2. The van der Waals surface area contributed by atoms with E-state index < -0.39 is 5.41 Å². The molecule has 1 aromatic rings. The summed E-state index contributed by atoms with van der Waals surface area (Å²) in [5, 5.41) is 0. The fourth-order valence-corrected chi connectivity index (χ4v) is 5.87. The zero-order valence-corrected chi connectivity index (χ0v) is 16.9. The molecule has 0 aromatic heterocycles. The molecule has 148 valence electrons. The van der Waals surface area contributed by atoms with Crippen molar-refractivity contribution in [2.75, 3.05) is 13.7 Å². The van der Waals surface area contributed by atoms with Crippen LogP contribution in [0.3, 0.4) is 0 Å². The maximum atomic E-state index is 12.8. The Hall–Kier alpha value is -1.35. The van der Waals surface area contributed by atoms with Gasteiger partial charge in [0.15, 0.2) is 0 Å². The van der Waals surface area contributed by atoms with E-state index in [0.29, 0.717) is 5.92 Å². The summed E-state index contributed by atoms with van der Waals surface area (Å²) in [5.41, 5.74) is 0.742. The second kappa shape index (κ2) is 8.34. The largest absolute Gasteiger partial charge is 0.468 e. The van der Waals surface area contributed by atoms with Crippen LogP contribution in [0.15, 0.2) is 30.3 Å². The zero-order chi connectivity index (χ0) is 18.7. The smallest absolute Gasteiger partial charge is 0.316 e. The van der Waals surface area contributed by atoms with Gasteiger partial charge in [0.1, 0.15) is 0 Å². The number of methoxy groups -OCH3 is 1. The lowest BCUT2D eigenvalue weighted by atomic mass is 9.87. The number of carbonyl (C=O) groups excluding carboxylic acids is 1. The Morgan fingerprint density at radius 2 is 1.52 bits per heavy atom. The van der Waals surface area contributed by atoms with Crippen molar-refractivity contribution in [2.45, 2.75) is 88.1 Å². The molecule has 27 heavy (non-hydrogen) atoms. The summed E-state index contributed by atoms with van der Waals surface area (Å²) >= 11 is 0. The van der Waals surface area contributed by atoms with E-state index in [4.69, 9.17) is 4.74 Å². The molecule has 0 amide bonds. The summed E-state index contributed by atoms with van der Waals surface area (Å²) in [4.78, 5) is 15.6. The Balaban J connectivity index is 1.54. The molecular weight excluding hydrogens is 334 g/mol. The van der Waals surface area contributed by atoms with Crippen molar-refractivity contribution in [2.24, 2.45) is 5.92 Å². The van der Waals surface area contributed by atoms with Crippen molar-refractivity contribution in [3.8, 4) is 0 Å². The number of ether oxygens (including phenoxy) is 1. The van der Waals surface area contributed by atoms with Gasteiger partial charge >= 0.3 is 5.97 Å². The Bertz CT molecular complexity index is 601. The van der Waals surface area contributed by atoms with E-state index in [0.717, 1.165) is 30.6 Å². The number of hydrogen-bond acceptors (Lipinski definition) is 3. The molecule has 3 heteroatoms. The molecule has 2 atom stereocenters. The summed E-state index contributed by atoms with van der Waals surface area (Å²) in [5.74, 6) is 0.363. The van der Waals surface area contributed by atoms with Gasteiger partial charge in [0, 0.05) is 18.6 Å². The molecule has 3 nitrogen and oxygen atoms in total. The second-order valence-corrected chi connectivity index (χ2v) is 9.01. The summed E-state index contributed by atoms with van der Waals surface area (Å²) in [7, 11) is 1.54. The topological polar surface area (TPSA) is 29.5 Å². The molecule has 0 unspecified atom stereocenters. The molecule has 0 N–H and O–H groups in total. The van der Waals surface area contributed by atoms with Crippen LogP contribution in [0.25, 0.3) is 0 Å². The third kappa shape index (κ3) is 3.81. The summed E-state index contributed by atoms with van der Waals surface area (Å²) in [6.45, 7) is 1.07. The van der Waals surface area contributed by atoms with Crippen LogP contribution in [0.1, 0.15) is 76.2 Å². The van der Waals surface area contributed by atoms with Gasteiger partial charge in [-0.05, 0) is 43.6 Å². The van der Waals surface area contributed by atoms with Crippen LogP contribution in [0.5, 0.6) is 0 Å². The number of esters is 1. The van der Waals surface area contributed by atoms with E-state index in [9.17, 15) is 4.79 Å². The molecule has 3 saturated carbocycles. The minimum Gasteiger partial charge on any atom is -0.468 e. The fourth-order valence-electron chi connectivity index (χ4n) is 5.87. The molecule has 0 bridgehead atoms. The van der Waals surface area contributed by atoms with Gasteiger partial charge in [-0.2, -0.15) is 0 Å². The van der Waals surface area contributed by atoms with Crippen molar-refractivity contribution in [1.29, 1.82) is 0 Å². The average Bonchev–Trinajstić information content (AvgIpc) is 3.48. The van der Waals surface area contributed by atoms with E-state index in [1.807, 2.05) is 6.07 Å². The van der Waals surface area contributed by atoms with Crippen LogP contribution in [0.2, 0.25) is 0 Å². The predicted molar refractivity (Wildman–Crippen MR) is 109 cm³/mol. The molecule has 0 saturated heterocycles. The van der Waals surface area contributed by atoms with Crippen LogP contribution in [-0.2, 0) is 14.9 Å². The first-order valence-electron chi connectivity index (χ1n) is 11.2. The van der Waals surface area contributed by atoms with E-state index in [1.54, 1.807) is 7.11 Å². The molecule has 4 rings (SSSR count). The summed E-state index contributed by atoms with van der Waals surface area (Å²) in [6, 6.07) is 11.8. The third-order valence-electron chi connectivity index (χ3n) is 7.46. The van der Waals surface area contributed by atoms with Crippen LogP contribution in [0.4, 0.5) is 0 Å². The van der Waals surface area contributed by atoms with Gasteiger partial charge < -0.3 is 4.74 Å². The van der Waals surface area contributed by atoms with E-state index in [2.05, 4.69) is 29.2 Å². The van der Waals surface area contributed by atoms with Crippen LogP contribution < -0.4 is 0 Å². The lowest BCUT2D eigenvalue weighted by Gasteiger charge is -2.42. The van der Waals surface area contributed by atoms with Gasteiger partial charge in [0.05, 0.1) is 12.5 Å². The highest BCUT2D eigenvalue weighted by Gasteiger charge is 2.62. The van der Waals surface area contributed by atoms with E-state index in [-0.39, 0.29) is 5.97 Å². The Morgan fingerprint density at radius 1 is 0.963 bits per heavy atom. The van der Waals surface area contributed by atoms with Crippen molar-refractivity contribution in [1.82, 2.24) is 4.90 Å². The molecule has 3 aliphatic carbocycles. The van der Waals surface area contributed by atoms with Gasteiger partial charge in [-0.25, -0.2) is 0 Å². The quantitative estimate of drug-likeness (QED) is 0.655. The fraction of sp³-hybridized carbons (Fsp3) is 0.708. The first kappa shape index (κ1) is 19.0. The summed E-state index contributed by atoms with van der Waals surface area (Å²) in [6.07, 6.45) is 14.6. The van der Waals surface area contributed by atoms with Gasteiger partial charge in [0.2, 0.25) is 0 Å². The monoisotopic (exact) mass is 369 g/mol.